The van der Waals surface area contributed by atoms with Gasteiger partial charge in [-0.15, -0.1) is 21.5 Å². The van der Waals surface area contributed by atoms with Crippen molar-refractivity contribution in [1.82, 2.24) is 20.1 Å². The predicted octanol–water partition coefficient (Wildman–Crippen LogP) is 4.99. The van der Waals surface area contributed by atoms with E-state index in [1.165, 1.54) is 47.4 Å². The summed E-state index contributed by atoms with van der Waals surface area (Å²) in [6, 6.07) is 5.47. The second kappa shape index (κ2) is 13.2. The Labute approximate surface area is 234 Å². The number of hydrogen-bond donors (Lipinski definition) is 2. The molecule has 1 aliphatic carbocycles. The number of ether oxygens (including phenoxy) is 1. The zero-order chi connectivity index (χ0) is 27.9. The number of aromatic nitrogens is 3. The van der Waals surface area contributed by atoms with Crippen LogP contribution in [-0.4, -0.2) is 44.4 Å². The van der Waals surface area contributed by atoms with E-state index < -0.39 is 22.9 Å². The van der Waals surface area contributed by atoms with Gasteiger partial charge in [0.05, 0.1) is 24.0 Å². The van der Waals surface area contributed by atoms with E-state index in [2.05, 4.69) is 27.8 Å². The summed E-state index contributed by atoms with van der Waals surface area (Å²) in [5, 5.41) is 14.8. The van der Waals surface area contributed by atoms with Crippen LogP contribution in [0.15, 0.2) is 29.4 Å². The summed E-state index contributed by atoms with van der Waals surface area (Å²) in [6.07, 6.45) is 4.49. The van der Waals surface area contributed by atoms with Crippen LogP contribution in [0.4, 0.5) is 9.39 Å². The van der Waals surface area contributed by atoms with Crippen molar-refractivity contribution < 1.29 is 23.5 Å². The summed E-state index contributed by atoms with van der Waals surface area (Å²) in [5.41, 5.74) is 1.68. The number of amides is 2. The molecule has 2 heterocycles. The van der Waals surface area contributed by atoms with Gasteiger partial charge < -0.3 is 19.9 Å². The summed E-state index contributed by atoms with van der Waals surface area (Å²) < 4.78 is 20.7. The third-order valence-corrected chi connectivity index (χ3v) is 8.60. The van der Waals surface area contributed by atoms with Crippen molar-refractivity contribution in [3.8, 4) is 0 Å². The molecule has 2 amide bonds. The Morgan fingerprint density at radius 2 is 2.05 bits per heavy atom. The highest BCUT2D eigenvalue weighted by Crippen LogP contribution is 2.40. The van der Waals surface area contributed by atoms with Gasteiger partial charge in [0.25, 0.3) is 5.91 Å². The number of unbranched alkanes of at least 4 members (excludes halogenated alkanes) is 1. The number of halogens is 1. The molecule has 4 rings (SSSR count). The molecule has 39 heavy (non-hydrogen) atoms. The van der Waals surface area contributed by atoms with E-state index >= 15 is 0 Å². The van der Waals surface area contributed by atoms with Gasteiger partial charge in [-0.3, -0.25) is 9.59 Å². The average Bonchev–Trinajstić information content (AvgIpc) is 3.60. The standard InChI is InChI=1S/C27H32FN5O4S2/c1-4-6-13-33-21(15-29-24(35)17-9-7-10-18(28)14-17)31-32-27(33)38-16(3)23(34)30-25-22(26(36)37-5-2)19-11-8-12-20(19)39-25/h7,9-10,14,16H,4-6,8,11-13,15H2,1-3H3,(H,29,35)(H,30,34)/t16-/m0/s1. The number of anilines is 1. The third-order valence-electron chi connectivity index (χ3n) is 6.31. The van der Waals surface area contributed by atoms with E-state index in [4.69, 9.17) is 4.74 Å². The molecule has 0 unspecified atom stereocenters. The monoisotopic (exact) mass is 573 g/mol. The topological polar surface area (TPSA) is 115 Å². The lowest BCUT2D eigenvalue weighted by Gasteiger charge is -2.14. The molecule has 3 aromatic rings. The van der Waals surface area contributed by atoms with Gasteiger partial charge in [0.15, 0.2) is 11.0 Å². The van der Waals surface area contributed by atoms with Crippen LogP contribution in [0, 0.1) is 5.82 Å². The van der Waals surface area contributed by atoms with Crippen LogP contribution in [0.3, 0.4) is 0 Å². The van der Waals surface area contributed by atoms with Crippen LogP contribution >= 0.6 is 23.1 Å². The highest BCUT2D eigenvalue weighted by atomic mass is 32.2. The molecular weight excluding hydrogens is 541 g/mol. The minimum absolute atomic E-state index is 0.108. The van der Waals surface area contributed by atoms with Crippen LogP contribution in [-0.2, 0) is 35.5 Å². The molecular formula is C27H32FN5O4S2. The molecule has 0 radical (unpaired) electrons. The zero-order valence-corrected chi connectivity index (χ0v) is 23.8. The molecule has 0 fully saturated rings. The second-order valence-electron chi connectivity index (χ2n) is 9.13. The maximum absolute atomic E-state index is 13.5. The minimum Gasteiger partial charge on any atom is -0.462 e. The Morgan fingerprint density at radius 1 is 1.23 bits per heavy atom. The number of aryl methyl sites for hydroxylation is 1. The van der Waals surface area contributed by atoms with E-state index in [1.54, 1.807) is 13.8 Å². The Hall–Kier alpha value is -3.25. The molecule has 1 aliphatic rings. The first-order valence-electron chi connectivity index (χ1n) is 13.1. The smallest absolute Gasteiger partial charge is 0.341 e. The van der Waals surface area contributed by atoms with Crippen molar-refractivity contribution in [3.63, 3.8) is 0 Å². The molecule has 0 aliphatic heterocycles. The Bertz CT molecular complexity index is 1360. The maximum atomic E-state index is 13.5. The molecule has 1 aromatic carbocycles. The molecule has 0 bridgehead atoms. The van der Waals surface area contributed by atoms with Crippen molar-refractivity contribution in [3.05, 3.63) is 57.5 Å². The molecule has 0 saturated carbocycles. The Balaban J connectivity index is 1.45. The summed E-state index contributed by atoms with van der Waals surface area (Å²) in [6.45, 7) is 6.60. The highest BCUT2D eigenvalue weighted by Gasteiger charge is 2.29. The number of carbonyl (C=O) groups excluding carboxylic acids is 3. The van der Waals surface area contributed by atoms with Gasteiger partial charge in [-0.05, 0) is 63.3 Å². The fourth-order valence-corrected chi connectivity index (χ4v) is 6.48. The van der Waals surface area contributed by atoms with E-state index in [0.29, 0.717) is 28.1 Å². The fourth-order valence-electron chi connectivity index (χ4n) is 4.31. The van der Waals surface area contributed by atoms with E-state index in [9.17, 15) is 18.8 Å². The van der Waals surface area contributed by atoms with Gasteiger partial charge in [0, 0.05) is 17.0 Å². The van der Waals surface area contributed by atoms with Gasteiger partial charge in [0.2, 0.25) is 5.91 Å². The quantitative estimate of drug-likeness (QED) is 0.232. The maximum Gasteiger partial charge on any atom is 0.341 e. The Kier molecular flexibility index (Phi) is 9.73. The average molecular weight is 574 g/mol. The number of hydrogen-bond acceptors (Lipinski definition) is 8. The normalized spacial score (nSPS) is 13.1. The Morgan fingerprint density at radius 3 is 2.79 bits per heavy atom. The number of nitrogens with zero attached hydrogens (tertiary/aromatic N) is 3. The number of thioether (sulfide) groups is 1. The summed E-state index contributed by atoms with van der Waals surface area (Å²) in [4.78, 5) is 39.4. The minimum atomic E-state index is -0.531. The summed E-state index contributed by atoms with van der Waals surface area (Å²) in [7, 11) is 0. The van der Waals surface area contributed by atoms with Crippen LogP contribution in [0.25, 0.3) is 0 Å². The van der Waals surface area contributed by atoms with Crippen molar-refractivity contribution in [2.75, 3.05) is 11.9 Å². The van der Waals surface area contributed by atoms with Crippen molar-refractivity contribution in [2.45, 2.75) is 76.4 Å². The lowest BCUT2D eigenvalue weighted by molar-refractivity contribution is -0.115. The molecule has 208 valence electrons. The van der Waals surface area contributed by atoms with Crippen LogP contribution in [0.2, 0.25) is 0 Å². The van der Waals surface area contributed by atoms with E-state index in [1.807, 2.05) is 4.57 Å². The number of rotatable bonds is 12. The first-order valence-corrected chi connectivity index (χ1v) is 14.8. The van der Waals surface area contributed by atoms with Gasteiger partial charge >= 0.3 is 5.97 Å². The SMILES string of the molecule is CCCCn1c(CNC(=O)c2cccc(F)c2)nnc1S[C@@H](C)C(=O)Nc1sc2c(c1C(=O)OCC)CCC2. The summed E-state index contributed by atoms with van der Waals surface area (Å²) in [5.74, 6) is -1.02. The number of esters is 1. The third kappa shape index (κ3) is 6.85. The van der Waals surface area contributed by atoms with Crippen molar-refractivity contribution in [2.24, 2.45) is 0 Å². The van der Waals surface area contributed by atoms with E-state index in [0.717, 1.165) is 42.5 Å². The summed E-state index contributed by atoms with van der Waals surface area (Å²) >= 11 is 2.70. The number of carbonyl (C=O) groups is 3. The molecule has 2 aromatic heterocycles. The largest absolute Gasteiger partial charge is 0.462 e. The molecule has 0 saturated heterocycles. The highest BCUT2D eigenvalue weighted by molar-refractivity contribution is 8.00. The molecule has 0 spiro atoms. The molecule has 2 N–H and O–H groups in total. The first kappa shape index (κ1) is 28.8. The van der Waals surface area contributed by atoms with Crippen molar-refractivity contribution in [1.29, 1.82) is 0 Å². The fraction of sp³-hybridized carbons (Fsp3) is 0.444. The lowest BCUT2D eigenvalue weighted by Crippen LogP contribution is -2.25. The number of benzene rings is 1. The predicted molar refractivity (Wildman–Crippen MR) is 149 cm³/mol. The van der Waals surface area contributed by atoms with Crippen LogP contribution < -0.4 is 10.6 Å². The van der Waals surface area contributed by atoms with E-state index in [-0.39, 0.29) is 24.6 Å². The van der Waals surface area contributed by atoms with Crippen LogP contribution in [0.1, 0.15) is 77.0 Å². The van der Waals surface area contributed by atoms with Gasteiger partial charge in [0.1, 0.15) is 10.8 Å². The zero-order valence-electron chi connectivity index (χ0n) is 22.2. The van der Waals surface area contributed by atoms with Crippen molar-refractivity contribution >= 4 is 45.9 Å². The van der Waals surface area contributed by atoms with Gasteiger partial charge in [-0.2, -0.15) is 0 Å². The second-order valence-corrected chi connectivity index (χ2v) is 11.5. The number of nitrogens with one attached hydrogen (secondary N) is 2. The van der Waals surface area contributed by atoms with Gasteiger partial charge in [-0.25, -0.2) is 9.18 Å². The molecule has 9 nitrogen and oxygen atoms in total. The molecule has 12 heteroatoms. The number of thiophene rings is 1. The number of fused-ring (bicyclic) bond motifs is 1. The van der Waals surface area contributed by atoms with Crippen LogP contribution in [0.5, 0.6) is 0 Å². The molecule has 1 atom stereocenters. The van der Waals surface area contributed by atoms with Gasteiger partial charge in [-0.1, -0.05) is 31.2 Å². The lowest BCUT2D eigenvalue weighted by atomic mass is 10.1. The first-order chi connectivity index (χ1) is 18.8.